The van der Waals surface area contributed by atoms with Gasteiger partial charge in [-0.2, -0.15) is 5.26 Å². The number of nitrogens with zero attached hydrogens (tertiary/aromatic N) is 4. The molecule has 11 rings (SSSR count). The zero-order chi connectivity index (χ0) is 43.4. The summed E-state index contributed by atoms with van der Waals surface area (Å²) < 4.78 is 41.1. The summed E-state index contributed by atoms with van der Waals surface area (Å²) in [4.78, 5) is 51.7. The van der Waals surface area contributed by atoms with E-state index in [2.05, 4.69) is 34.0 Å². The van der Waals surface area contributed by atoms with Gasteiger partial charge in [-0.25, -0.2) is 14.4 Å². The van der Waals surface area contributed by atoms with Crippen molar-refractivity contribution in [3.8, 4) is 34.8 Å². The largest absolute Gasteiger partial charge is 0.518 e. The van der Waals surface area contributed by atoms with Crippen LogP contribution in [0.25, 0.3) is 10.9 Å². The van der Waals surface area contributed by atoms with Gasteiger partial charge in [0.05, 0.1) is 48.7 Å². The second kappa shape index (κ2) is 14.6. The molecule has 4 aromatic rings. The topological polar surface area (TPSA) is 185 Å². The van der Waals surface area contributed by atoms with Crippen molar-refractivity contribution in [2.75, 3.05) is 39.9 Å². The fourth-order valence-electron chi connectivity index (χ4n) is 11.1. The third kappa shape index (κ3) is 5.35. The van der Waals surface area contributed by atoms with Crippen LogP contribution in [0.4, 0.5) is 9.59 Å². The summed E-state index contributed by atoms with van der Waals surface area (Å²) in [5.74, 6) is 0.430. The number of methoxy groups -OCH3 is 1. The molecular formula is C45H43N5O11S. The zero-order valence-electron chi connectivity index (χ0n) is 34.4. The fourth-order valence-corrected chi connectivity index (χ4v) is 12.8. The van der Waals surface area contributed by atoms with Crippen molar-refractivity contribution in [3.05, 3.63) is 101 Å². The number of carbonyl (C=O) groups excluding carboxylic acids is 3. The first kappa shape index (κ1) is 39.8. The average molecular weight is 862 g/mol. The Morgan fingerprint density at radius 2 is 1.85 bits per heavy atom. The van der Waals surface area contributed by atoms with Crippen LogP contribution >= 0.6 is 11.8 Å². The van der Waals surface area contributed by atoms with Crippen LogP contribution in [-0.4, -0.2) is 101 Å². The number of aromatic nitrogens is 1. The molecule has 7 aliphatic heterocycles. The monoisotopic (exact) mass is 861 g/mol. The number of nitrogens with one attached hydrogen (secondary N) is 1. The molecule has 62 heavy (non-hydrogen) atoms. The lowest BCUT2D eigenvalue weighted by molar-refractivity contribution is -0.163. The van der Waals surface area contributed by atoms with Crippen LogP contribution in [0, 0.1) is 25.2 Å². The summed E-state index contributed by atoms with van der Waals surface area (Å²) in [5, 5.41) is 24.0. The quantitative estimate of drug-likeness (QED) is 0.0983. The molecule has 7 atom stereocenters. The van der Waals surface area contributed by atoms with Crippen molar-refractivity contribution in [2.45, 2.75) is 67.7 Å². The Morgan fingerprint density at radius 1 is 1.08 bits per heavy atom. The number of aromatic hydroxyl groups is 1. The highest BCUT2D eigenvalue weighted by atomic mass is 32.2. The van der Waals surface area contributed by atoms with Crippen LogP contribution < -0.4 is 18.9 Å². The molecule has 0 saturated carbocycles. The van der Waals surface area contributed by atoms with E-state index in [9.17, 15) is 20.0 Å². The van der Waals surface area contributed by atoms with Crippen molar-refractivity contribution in [3.63, 3.8) is 0 Å². The van der Waals surface area contributed by atoms with E-state index in [-0.39, 0.29) is 37.2 Å². The maximum atomic E-state index is 15.3. The highest BCUT2D eigenvalue weighted by Gasteiger charge is 2.63. The number of esters is 1. The molecule has 2 fully saturated rings. The number of piperazine rings is 1. The van der Waals surface area contributed by atoms with Crippen LogP contribution in [0.15, 0.2) is 56.0 Å². The molecule has 0 aliphatic carbocycles. The molecule has 2 N–H and O–H groups in total. The minimum absolute atomic E-state index is 0.0351. The summed E-state index contributed by atoms with van der Waals surface area (Å²) >= 11 is 1.34. The Kier molecular flexibility index (Phi) is 9.39. The number of H-pyrrole nitrogens is 1. The van der Waals surface area contributed by atoms with E-state index in [1.165, 1.54) is 23.8 Å². The predicted molar refractivity (Wildman–Crippen MR) is 223 cm³/mol. The second-order valence-electron chi connectivity index (χ2n) is 16.2. The van der Waals surface area contributed by atoms with Gasteiger partial charge in [-0.1, -0.05) is 37.4 Å². The number of fused-ring (bicyclic) bond motifs is 11. The number of para-hydroxylation sites is 1. The van der Waals surface area contributed by atoms with Crippen molar-refractivity contribution in [1.29, 1.82) is 5.26 Å². The molecule has 3 aromatic carbocycles. The third-order valence-electron chi connectivity index (χ3n) is 13.5. The first-order valence-electron chi connectivity index (χ1n) is 20.2. The molecule has 320 valence electrons. The number of hydrogen-bond donors (Lipinski definition) is 2. The predicted octanol–water partition coefficient (Wildman–Crippen LogP) is 6.48. The van der Waals surface area contributed by atoms with Crippen LogP contribution in [0.3, 0.4) is 0 Å². The van der Waals surface area contributed by atoms with Gasteiger partial charge in [0, 0.05) is 57.5 Å². The molecule has 2 saturated heterocycles. The van der Waals surface area contributed by atoms with Crippen LogP contribution in [0.5, 0.6) is 28.7 Å². The van der Waals surface area contributed by atoms with Crippen molar-refractivity contribution >= 4 is 40.9 Å². The molecule has 1 aromatic heterocycles. The van der Waals surface area contributed by atoms with E-state index in [0.29, 0.717) is 63.6 Å². The molecule has 1 unspecified atom stereocenters. The number of carbonyl (C=O) groups is 3. The van der Waals surface area contributed by atoms with E-state index < -0.39 is 59.2 Å². The Morgan fingerprint density at radius 3 is 2.61 bits per heavy atom. The van der Waals surface area contributed by atoms with Crippen LogP contribution in [0.1, 0.15) is 62.0 Å². The normalized spacial score (nSPS) is 26.9. The maximum Gasteiger partial charge on any atom is 0.518 e. The molecule has 8 heterocycles. The first-order valence-corrected chi connectivity index (χ1v) is 21.3. The number of thioether (sulfide) groups is 1. The molecular weight excluding hydrogens is 819 g/mol. The molecule has 16 nitrogen and oxygen atoms in total. The van der Waals surface area contributed by atoms with Gasteiger partial charge in [0.2, 0.25) is 6.79 Å². The van der Waals surface area contributed by atoms with Crippen molar-refractivity contribution in [1.82, 2.24) is 19.7 Å². The molecule has 17 heteroatoms. The van der Waals surface area contributed by atoms with Crippen molar-refractivity contribution < 1.29 is 52.6 Å². The highest BCUT2D eigenvalue weighted by molar-refractivity contribution is 7.99. The summed E-state index contributed by atoms with van der Waals surface area (Å²) in [5.41, 5.74) is 4.11. The number of hydrogen-bond acceptors (Lipinski definition) is 15. The van der Waals surface area contributed by atoms with Gasteiger partial charge >= 0.3 is 18.2 Å². The second-order valence-corrected chi connectivity index (χ2v) is 17.3. The van der Waals surface area contributed by atoms with Crippen LogP contribution in [0.2, 0.25) is 0 Å². The zero-order valence-corrected chi connectivity index (χ0v) is 35.2. The van der Waals surface area contributed by atoms with Gasteiger partial charge in [0.15, 0.2) is 28.5 Å². The van der Waals surface area contributed by atoms with E-state index in [1.54, 1.807) is 6.92 Å². The maximum absolute atomic E-state index is 15.3. The number of aryl methyl sites for hydroxylation is 1. The fraction of sp³-hybridized carbons (Fsp3) is 0.378. The summed E-state index contributed by atoms with van der Waals surface area (Å²) in [6.45, 7) is 10.5. The minimum Gasteiger partial charge on any atom is -0.507 e. The lowest BCUT2D eigenvalue weighted by Crippen LogP contribution is -2.69. The summed E-state index contributed by atoms with van der Waals surface area (Å²) in [7, 11) is 3.43. The molecule has 1 spiro atoms. The number of amides is 1. The van der Waals surface area contributed by atoms with Crippen LogP contribution in [-0.2, 0) is 37.4 Å². The average Bonchev–Trinajstić information content (AvgIpc) is 3.90. The van der Waals surface area contributed by atoms with Gasteiger partial charge in [0.1, 0.15) is 18.4 Å². The lowest BCUT2D eigenvalue weighted by atomic mass is 9.71. The van der Waals surface area contributed by atoms with E-state index >= 15 is 4.79 Å². The Balaban J connectivity index is 1.25. The van der Waals surface area contributed by atoms with E-state index in [0.717, 1.165) is 34.6 Å². The lowest BCUT2D eigenvalue weighted by Gasteiger charge is -2.62. The summed E-state index contributed by atoms with van der Waals surface area (Å²) in [6, 6.07) is 8.97. The Labute approximate surface area is 360 Å². The third-order valence-corrected chi connectivity index (χ3v) is 15.0. The number of phenols is 1. The SMILES string of the molecule is C=COC(=O)Oc1c(OC)c(C)cc2c1[C@@H]1C3[C@@H]4SC[C@]5(C(=O)OC[C@@H](c6c7c(c(C)c(O)c64)OCO7)N3[C@@H](C#N)[C@H](C2)N1C)c1[nH]c2ccccc2c1CCN5C(=O)OC=C. The Hall–Kier alpha value is -6.35. The number of ether oxygens (including phenoxy) is 7. The molecule has 7 aliphatic rings. The number of rotatable bonds is 4. The standard InChI is InChI=1S/C45H43N5O11S/c1-7-56-43(53)49-14-13-25-24-11-9-10-12-26(24)47-41(25)45(49)19-62-40-32-31(38-37(59-20-60-38)22(4)35(32)51)29(18-58-42(45)52)50-28(17-46)27-16-23-15-21(3)36(55-6)39(61-44(54)57-8-2)30(23)33(34(40)50)48(27)5/h7-12,15,27-29,33-34,40,47,51H,1-2,13-14,16,18-20H2,3-6H3/t27-,28-,29-,33+,34?,40+,45+/m0/s1. The molecule has 1 amide bonds. The smallest absolute Gasteiger partial charge is 0.507 e. The van der Waals surface area contributed by atoms with Gasteiger partial charge < -0.3 is 43.2 Å². The van der Waals surface area contributed by atoms with E-state index in [4.69, 9.17) is 33.2 Å². The number of benzene rings is 3. The molecule has 0 radical (unpaired) electrons. The number of phenolic OH excluding ortho intramolecular Hbond substituents is 1. The number of likely N-dealkylation sites (N-methyl/N-ethyl adjacent to an activating group) is 1. The highest BCUT2D eigenvalue weighted by Crippen LogP contribution is 2.65. The van der Waals surface area contributed by atoms with E-state index in [1.807, 2.05) is 44.3 Å². The number of aromatic amines is 1. The van der Waals surface area contributed by atoms with Gasteiger partial charge in [-0.15, -0.1) is 11.8 Å². The molecule has 4 bridgehead atoms. The van der Waals surface area contributed by atoms with Gasteiger partial charge in [0.25, 0.3) is 0 Å². The first-order chi connectivity index (χ1) is 30.0. The minimum atomic E-state index is -1.76. The Bertz CT molecular complexity index is 2680. The van der Waals surface area contributed by atoms with Crippen molar-refractivity contribution in [2.24, 2.45) is 0 Å². The summed E-state index contributed by atoms with van der Waals surface area (Å²) in [6.07, 6.45) is 1.03. The number of nitriles is 1. The van der Waals surface area contributed by atoms with Gasteiger partial charge in [-0.05, 0) is 56.5 Å². The van der Waals surface area contributed by atoms with Gasteiger partial charge in [-0.3, -0.25) is 14.7 Å².